The molecule has 0 aromatic heterocycles. The Balaban J connectivity index is 1.50. The lowest BCUT2D eigenvalue weighted by Crippen LogP contribution is -2.35. The van der Waals surface area contributed by atoms with Crippen LogP contribution in [0.2, 0.25) is 0 Å². The van der Waals surface area contributed by atoms with Crippen molar-refractivity contribution in [2.75, 3.05) is 13.2 Å². The molecule has 1 atom stereocenters. The summed E-state index contributed by atoms with van der Waals surface area (Å²) in [7, 11) is 0. The van der Waals surface area contributed by atoms with Crippen LogP contribution in [0.4, 0.5) is 17.6 Å². The molecule has 0 bridgehead atoms. The molecule has 1 heterocycles. The summed E-state index contributed by atoms with van der Waals surface area (Å²) in [6.07, 6.45) is 3.11. The van der Waals surface area contributed by atoms with Crippen molar-refractivity contribution in [3.05, 3.63) is 41.2 Å². The molecule has 0 amide bonds. The largest absolute Gasteiger partial charge is 0.409 e. The third-order valence-electron chi connectivity index (χ3n) is 6.70. The van der Waals surface area contributed by atoms with Crippen LogP contribution in [-0.2, 0) is 9.47 Å². The zero-order valence-corrected chi connectivity index (χ0v) is 17.8. The van der Waals surface area contributed by atoms with Gasteiger partial charge in [-0.3, -0.25) is 0 Å². The lowest BCUT2D eigenvalue weighted by atomic mass is 9.71. The van der Waals surface area contributed by atoms with Crippen LogP contribution in [0.25, 0.3) is 6.08 Å². The van der Waals surface area contributed by atoms with E-state index in [1.807, 2.05) is 0 Å². The molecule has 3 rings (SSSR count). The van der Waals surface area contributed by atoms with Gasteiger partial charge in [-0.05, 0) is 55.6 Å². The fourth-order valence-corrected chi connectivity index (χ4v) is 4.87. The Hall–Kier alpha value is -1.40. The van der Waals surface area contributed by atoms with E-state index in [1.165, 1.54) is 50.7 Å². The molecule has 1 aliphatic carbocycles. The second-order valence-corrected chi connectivity index (χ2v) is 8.86. The molecule has 168 valence electrons. The molecule has 2 aliphatic rings. The molecule has 0 radical (unpaired) electrons. The van der Waals surface area contributed by atoms with Gasteiger partial charge in [0.25, 0.3) is 0 Å². The quantitative estimate of drug-likeness (QED) is 0.443. The minimum absolute atomic E-state index is 0.0288. The van der Waals surface area contributed by atoms with E-state index < -0.39 is 18.3 Å². The highest BCUT2D eigenvalue weighted by molar-refractivity contribution is 5.51. The smallest absolute Gasteiger partial charge is 0.348 e. The molecule has 30 heavy (non-hydrogen) atoms. The molecule has 0 spiro atoms. The Morgan fingerprint density at radius 2 is 1.73 bits per heavy atom. The van der Waals surface area contributed by atoms with Crippen LogP contribution in [0.15, 0.2) is 24.3 Å². The Labute approximate surface area is 176 Å². The number of hydrogen-bond acceptors (Lipinski definition) is 2. The SMILES string of the molecule is CCCC(C)C1CCC(C2COC(c3ccc(/C=C/C(F)(F)F)c(F)c3)OC2)CC1. The van der Waals surface area contributed by atoms with E-state index in [-0.39, 0.29) is 11.6 Å². The maximum atomic E-state index is 14.2. The molecule has 0 N–H and O–H groups in total. The maximum absolute atomic E-state index is 14.2. The maximum Gasteiger partial charge on any atom is 0.409 e. The number of alkyl halides is 3. The number of ether oxygens (including phenoxy) is 2. The Morgan fingerprint density at radius 1 is 1.07 bits per heavy atom. The van der Waals surface area contributed by atoms with Crippen LogP contribution in [0.1, 0.15) is 69.8 Å². The van der Waals surface area contributed by atoms with Crippen LogP contribution in [0, 0.1) is 29.5 Å². The normalized spacial score (nSPS) is 29.3. The highest BCUT2D eigenvalue weighted by Crippen LogP contribution is 2.40. The molecule has 1 aromatic rings. The van der Waals surface area contributed by atoms with Gasteiger partial charge in [-0.2, -0.15) is 13.2 Å². The second-order valence-electron chi connectivity index (χ2n) is 8.86. The van der Waals surface area contributed by atoms with Gasteiger partial charge in [0.05, 0.1) is 13.2 Å². The molecule has 1 aliphatic heterocycles. The second kappa shape index (κ2) is 10.3. The first-order valence-corrected chi connectivity index (χ1v) is 11.1. The topological polar surface area (TPSA) is 18.5 Å². The average Bonchev–Trinajstić information content (AvgIpc) is 2.72. The van der Waals surface area contributed by atoms with Crippen LogP contribution >= 0.6 is 0 Å². The van der Waals surface area contributed by atoms with Crippen LogP contribution in [0.3, 0.4) is 0 Å². The van der Waals surface area contributed by atoms with E-state index in [0.29, 0.717) is 30.6 Å². The Kier molecular flexibility index (Phi) is 7.97. The van der Waals surface area contributed by atoms with Crippen molar-refractivity contribution in [2.45, 2.75) is 64.8 Å². The van der Waals surface area contributed by atoms with Gasteiger partial charge in [0.15, 0.2) is 6.29 Å². The van der Waals surface area contributed by atoms with E-state index in [4.69, 9.17) is 9.47 Å². The molecular weight excluding hydrogens is 396 g/mol. The molecule has 1 aromatic carbocycles. The third-order valence-corrected chi connectivity index (χ3v) is 6.70. The number of benzene rings is 1. The zero-order chi connectivity index (χ0) is 21.7. The minimum Gasteiger partial charge on any atom is -0.348 e. The zero-order valence-electron chi connectivity index (χ0n) is 17.8. The first-order chi connectivity index (χ1) is 14.3. The van der Waals surface area contributed by atoms with E-state index in [2.05, 4.69) is 13.8 Å². The highest BCUT2D eigenvalue weighted by Gasteiger charge is 2.33. The first-order valence-electron chi connectivity index (χ1n) is 11.1. The Morgan fingerprint density at radius 3 is 2.30 bits per heavy atom. The van der Waals surface area contributed by atoms with E-state index in [1.54, 1.807) is 6.07 Å². The van der Waals surface area contributed by atoms with Gasteiger partial charge in [-0.25, -0.2) is 4.39 Å². The number of allylic oxidation sites excluding steroid dienone is 1. The van der Waals surface area contributed by atoms with Gasteiger partial charge in [-0.15, -0.1) is 0 Å². The van der Waals surface area contributed by atoms with Gasteiger partial charge in [-0.1, -0.05) is 38.8 Å². The average molecular weight is 429 g/mol. The molecule has 1 saturated carbocycles. The van der Waals surface area contributed by atoms with Crippen molar-refractivity contribution in [3.63, 3.8) is 0 Å². The van der Waals surface area contributed by atoms with Crippen molar-refractivity contribution in [3.8, 4) is 0 Å². The summed E-state index contributed by atoms with van der Waals surface area (Å²) in [5.41, 5.74) is 0.381. The van der Waals surface area contributed by atoms with Crippen molar-refractivity contribution in [1.29, 1.82) is 0 Å². The monoisotopic (exact) mass is 428 g/mol. The molecule has 6 heteroatoms. The van der Waals surface area contributed by atoms with Crippen LogP contribution in [0.5, 0.6) is 0 Å². The molecule has 1 unspecified atom stereocenters. The van der Waals surface area contributed by atoms with E-state index in [9.17, 15) is 17.6 Å². The van der Waals surface area contributed by atoms with E-state index in [0.717, 1.165) is 17.9 Å². The summed E-state index contributed by atoms with van der Waals surface area (Å²) in [5.74, 6) is 1.85. The van der Waals surface area contributed by atoms with Gasteiger partial charge < -0.3 is 9.47 Å². The molecular formula is C24H32F4O2. The molecule has 2 nitrogen and oxygen atoms in total. The van der Waals surface area contributed by atoms with Gasteiger partial charge in [0.2, 0.25) is 0 Å². The van der Waals surface area contributed by atoms with Gasteiger partial charge in [0, 0.05) is 23.1 Å². The lowest BCUT2D eigenvalue weighted by Gasteiger charge is -2.39. The fourth-order valence-electron chi connectivity index (χ4n) is 4.87. The summed E-state index contributed by atoms with van der Waals surface area (Å²) in [6, 6.07) is 4.08. The van der Waals surface area contributed by atoms with Crippen molar-refractivity contribution in [2.24, 2.45) is 23.7 Å². The van der Waals surface area contributed by atoms with E-state index >= 15 is 0 Å². The van der Waals surface area contributed by atoms with Crippen molar-refractivity contribution in [1.82, 2.24) is 0 Å². The molecule has 1 saturated heterocycles. The van der Waals surface area contributed by atoms with Crippen LogP contribution < -0.4 is 0 Å². The fraction of sp³-hybridized carbons (Fsp3) is 0.667. The summed E-state index contributed by atoms with van der Waals surface area (Å²) >= 11 is 0. The predicted molar refractivity (Wildman–Crippen MR) is 109 cm³/mol. The third kappa shape index (κ3) is 6.30. The summed E-state index contributed by atoms with van der Waals surface area (Å²) in [5, 5.41) is 0. The number of rotatable bonds is 6. The van der Waals surface area contributed by atoms with Gasteiger partial charge >= 0.3 is 6.18 Å². The summed E-state index contributed by atoms with van der Waals surface area (Å²) < 4.78 is 62.7. The highest BCUT2D eigenvalue weighted by atomic mass is 19.4. The lowest BCUT2D eigenvalue weighted by molar-refractivity contribution is -0.215. The number of hydrogen-bond donors (Lipinski definition) is 0. The number of halogens is 4. The minimum atomic E-state index is -4.47. The predicted octanol–water partition coefficient (Wildman–Crippen LogP) is 7.31. The van der Waals surface area contributed by atoms with Crippen LogP contribution in [-0.4, -0.2) is 19.4 Å². The molecule has 2 fully saturated rings. The standard InChI is InChI=1S/C24H32F4O2/c1-3-4-16(2)17-5-7-18(8-6-17)21-14-29-23(30-15-21)20-10-9-19(22(25)13-20)11-12-24(26,27)28/h9-13,16-18,21,23H,3-8,14-15H2,1-2H3/b12-11+. The summed E-state index contributed by atoms with van der Waals surface area (Å²) in [6.45, 7) is 5.76. The first kappa shape index (κ1) is 23.3. The Bertz CT molecular complexity index is 700. The van der Waals surface area contributed by atoms with Crippen molar-refractivity contribution < 1.29 is 27.0 Å². The summed E-state index contributed by atoms with van der Waals surface area (Å²) in [4.78, 5) is 0. The van der Waals surface area contributed by atoms with Gasteiger partial charge in [0.1, 0.15) is 5.82 Å². The van der Waals surface area contributed by atoms with Crippen molar-refractivity contribution >= 4 is 6.08 Å².